The Labute approximate surface area is 139 Å². The second-order valence-electron chi connectivity index (χ2n) is 4.98. The highest BCUT2D eigenvalue weighted by atomic mass is 35.5. The summed E-state index contributed by atoms with van der Waals surface area (Å²) in [5.74, 6) is 0.885. The molecule has 0 aromatic heterocycles. The largest absolute Gasteiger partial charge is 0.486 e. The molecule has 1 amide bonds. The molecule has 1 aromatic carbocycles. The monoisotopic (exact) mass is 333 g/mol. The van der Waals surface area contributed by atoms with Gasteiger partial charge in [-0.15, -0.1) is 0 Å². The smallest absolute Gasteiger partial charge is 0.227 e. The van der Waals surface area contributed by atoms with Crippen molar-refractivity contribution in [3.8, 4) is 23.6 Å². The number of benzene rings is 1. The molecule has 0 N–H and O–H groups in total. The van der Waals surface area contributed by atoms with Crippen LogP contribution in [0.1, 0.15) is 18.4 Å². The fourth-order valence-corrected chi connectivity index (χ4v) is 2.57. The SMILES string of the molecule is N#CCCN(CCC#N)C(=O)Cc1cc(Cl)c2c(c1)OCCO2. The highest BCUT2D eigenvalue weighted by molar-refractivity contribution is 6.32. The first-order chi connectivity index (χ1) is 11.2. The van der Waals surface area contributed by atoms with Gasteiger partial charge < -0.3 is 14.4 Å². The molecule has 1 heterocycles. The zero-order chi connectivity index (χ0) is 16.7. The molecule has 1 aromatic rings. The summed E-state index contributed by atoms with van der Waals surface area (Å²) >= 11 is 6.16. The molecule has 23 heavy (non-hydrogen) atoms. The Bertz CT molecular complexity index is 646. The molecule has 7 heteroatoms. The second kappa shape index (κ2) is 8.26. The van der Waals surface area contributed by atoms with Crippen LogP contribution in [0, 0.1) is 22.7 Å². The van der Waals surface area contributed by atoms with Crippen LogP contribution in [0.5, 0.6) is 11.5 Å². The van der Waals surface area contributed by atoms with Gasteiger partial charge in [0.1, 0.15) is 13.2 Å². The van der Waals surface area contributed by atoms with E-state index in [4.69, 9.17) is 31.6 Å². The van der Waals surface area contributed by atoms with Gasteiger partial charge in [-0.25, -0.2) is 0 Å². The summed E-state index contributed by atoms with van der Waals surface area (Å²) < 4.78 is 10.9. The van der Waals surface area contributed by atoms with Crippen LogP contribution in [-0.4, -0.2) is 37.1 Å². The van der Waals surface area contributed by atoms with E-state index < -0.39 is 0 Å². The van der Waals surface area contributed by atoms with Gasteiger partial charge in [0, 0.05) is 13.1 Å². The topological polar surface area (TPSA) is 86.4 Å². The van der Waals surface area contributed by atoms with Crippen molar-refractivity contribution in [3.63, 3.8) is 0 Å². The Morgan fingerprint density at radius 1 is 1.17 bits per heavy atom. The van der Waals surface area contributed by atoms with Crippen molar-refractivity contribution in [1.29, 1.82) is 10.5 Å². The quantitative estimate of drug-likeness (QED) is 0.797. The molecule has 0 spiro atoms. The fourth-order valence-electron chi connectivity index (χ4n) is 2.28. The van der Waals surface area contributed by atoms with E-state index in [1.807, 2.05) is 12.1 Å². The standard InChI is InChI=1S/C16H16ClN3O3/c17-13-9-12(10-14-16(13)23-8-7-22-14)11-15(21)20(5-1-3-18)6-2-4-19/h9-10H,1-2,5-8,11H2. The molecule has 0 bridgehead atoms. The van der Waals surface area contributed by atoms with Gasteiger partial charge in [0.2, 0.25) is 5.91 Å². The van der Waals surface area contributed by atoms with Crippen LogP contribution in [0.3, 0.4) is 0 Å². The summed E-state index contributed by atoms with van der Waals surface area (Å²) in [6.45, 7) is 1.52. The summed E-state index contributed by atoms with van der Waals surface area (Å²) in [6.07, 6.45) is 0.603. The van der Waals surface area contributed by atoms with Gasteiger partial charge in [-0.3, -0.25) is 4.79 Å². The Hall–Kier alpha value is -2.44. The Morgan fingerprint density at radius 3 is 2.48 bits per heavy atom. The first-order valence-electron chi connectivity index (χ1n) is 7.25. The number of rotatable bonds is 6. The second-order valence-corrected chi connectivity index (χ2v) is 5.38. The number of ether oxygens (including phenoxy) is 2. The third kappa shape index (κ3) is 4.51. The van der Waals surface area contributed by atoms with Crippen LogP contribution in [-0.2, 0) is 11.2 Å². The number of carbonyl (C=O) groups excluding carboxylic acids is 1. The van der Waals surface area contributed by atoms with Gasteiger partial charge in [-0.1, -0.05) is 11.6 Å². The number of hydrogen-bond donors (Lipinski definition) is 0. The van der Waals surface area contributed by atoms with Crippen LogP contribution in [0.15, 0.2) is 12.1 Å². The summed E-state index contributed by atoms with van der Waals surface area (Å²) in [6, 6.07) is 7.44. The van der Waals surface area contributed by atoms with Gasteiger partial charge in [-0.2, -0.15) is 10.5 Å². The molecule has 0 radical (unpaired) electrons. The van der Waals surface area contributed by atoms with E-state index in [-0.39, 0.29) is 25.2 Å². The third-order valence-electron chi connectivity index (χ3n) is 3.35. The lowest BCUT2D eigenvalue weighted by Crippen LogP contribution is -2.34. The van der Waals surface area contributed by atoms with E-state index in [9.17, 15) is 4.79 Å². The zero-order valence-corrected chi connectivity index (χ0v) is 13.3. The lowest BCUT2D eigenvalue weighted by molar-refractivity contribution is -0.130. The Kier molecular flexibility index (Phi) is 6.08. The maximum absolute atomic E-state index is 12.4. The molecule has 1 aliphatic heterocycles. The molecule has 2 rings (SSSR count). The van der Waals surface area contributed by atoms with E-state index in [2.05, 4.69) is 0 Å². The summed E-state index contributed by atoms with van der Waals surface area (Å²) in [4.78, 5) is 13.9. The summed E-state index contributed by atoms with van der Waals surface area (Å²) in [5, 5.41) is 17.8. The summed E-state index contributed by atoms with van der Waals surface area (Å²) in [5.41, 5.74) is 0.711. The van der Waals surface area contributed by atoms with Crippen LogP contribution in [0.2, 0.25) is 5.02 Å². The minimum absolute atomic E-state index is 0.132. The molecule has 0 saturated heterocycles. The van der Waals surface area contributed by atoms with E-state index in [1.165, 1.54) is 4.90 Å². The lowest BCUT2D eigenvalue weighted by atomic mass is 10.1. The molecule has 0 unspecified atom stereocenters. The predicted octanol–water partition coefficient (Wildman–Crippen LogP) is 2.31. The Morgan fingerprint density at radius 2 is 1.83 bits per heavy atom. The van der Waals surface area contributed by atoms with Gasteiger partial charge in [0.25, 0.3) is 0 Å². The van der Waals surface area contributed by atoms with Gasteiger partial charge in [0.15, 0.2) is 11.5 Å². The molecule has 1 aliphatic rings. The van der Waals surface area contributed by atoms with Crippen LogP contribution < -0.4 is 9.47 Å². The number of amides is 1. The number of carbonyl (C=O) groups is 1. The molecule has 6 nitrogen and oxygen atoms in total. The van der Waals surface area contributed by atoms with Crippen molar-refractivity contribution in [2.24, 2.45) is 0 Å². The normalized spacial score (nSPS) is 12.1. The highest BCUT2D eigenvalue weighted by Gasteiger charge is 2.19. The van der Waals surface area contributed by atoms with Crippen molar-refractivity contribution < 1.29 is 14.3 Å². The maximum atomic E-state index is 12.4. The van der Waals surface area contributed by atoms with Crippen molar-refractivity contribution in [2.45, 2.75) is 19.3 Å². The first-order valence-corrected chi connectivity index (χ1v) is 7.63. The van der Waals surface area contributed by atoms with E-state index in [0.29, 0.717) is 48.4 Å². The minimum Gasteiger partial charge on any atom is -0.486 e. The van der Waals surface area contributed by atoms with Gasteiger partial charge >= 0.3 is 0 Å². The number of halogens is 1. The maximum Gasteiger partial charge on any atom is 0.227 e. The molecular weight excluding hydrogens is 318 g/mol. The van der Waals surface area contributed by atoms with Gasteiger partial charge in [0.05, 0.1) is 36.4 Å². The van der Waals surface area contributed by atoms with Crippen LogP contribution in [0.25, 0.3) is 0 Å². The Balaban J connectivity index is 2.10. The molecule has 0 fully saturated rings. The average Bonchev–Trinajstić information content (AvgIpc) is 2.55. The van der Waals surface area contributed by atoms with Crippen molar-refractivity contribution in [3.05, 3.63) is 22.7 Å². The van der Waals surface area contributed by atoms with E-state index >= 15 is 0 Å². The van der Waals surface area contributed by atoms with Crippen LogP contribution in [0.4, 0.5) is 0 Å². The first kappa shape index (κ1) is 16.9. The van der Waals surface area contributed by atoms with Crippen molar-refractivity contribution >= 4 is 17.5 Å². The number of fused-ring (bicyclic) bond motifs is 1. The van der Waals surface area contributed by atoms with Gasteiger partial charge in [-0.05, 0) is 17.7 Å². The molecule has 0 aliphatic carbocycles. The number of hydrogen-bond acceptors (Lipinski definition) is 5. The molecule has 0 atom stereocenters. The van der Waals surface area contributed by atoms with Crippen molar-refractivity contribution in [2.75, 3.05) is 26.3 Å². The highest BCUT2D eigenvalue weighted by Crippen LogP contribution is 2.38. The summed E-state index contributed by atoms with van der Waals surface area (Å²) in [7, 11) is 0. The van der Waals surface area contributed by atoms with Crippen molar-refractivity contribution in [1.82, 2.24) is 4.90 Å². The molecule has 120 valence electrons. The average molecular weight is 334 g/mol. The lowest BCUT2D eigenvalue weighted by Gasteiger charge is -2.22. The van der Waals surface area contributed by atoms with Crippen LogP contribution >= 0.6 is 11.6 Å². The molecule has 0 saturated carbocycles. The predicted molar refractivity (Wildman–Crippen MR) is 83.2 cm³/mol. The molecular formula is C16H16ClN3O3. The van der Waals surface area contributed by atoms with E-state index in [0.717, 1.165) is 0 Å². The number of nitrogens with zero attached hydrogens (tertiary/aromatic N) is 3. The minimum atomic E-state index is -0.150. The fraction of sp³-hybridized carbons (Fsp3) is 0.438. The third-order valence-corrected chi connectivity index (χ3v) is 3.63. The zero-order valence-electron chi connectivity index (χ0n) is 12.5. The van der Waals surface area contributed by atoms with E-state index in [1.54, 1.807) is 12.1 Å². The number of nitriles is 2.